The largest absolute Gasteiger partial charge is 0.329 e. The van der Waals surface area contributed by atoms with Crippen LogP contribution < -0.4 is 5.73 Å². The van der Waals surface area contributed by atoms with Gasteiger partial charge in [-0.25, -0.2) is 0 Å². The molecule has 0 radical (unpaired) electrons. The van der Waals surface area contributed by atoms with Crippen LogP contribution in [-0.4, -0.2) is 30.6 Å². The standard InChI is InChI=1S/C17H30N2/c1-3-17(4-2)19(15-13-18)14-9-8-12-16-10-6-5-7-11-16/h5-7,10-11,17H,3-4,8-9,12-15,18H2,1-2H3. The van der Waals surface area contributed by atoms with Gasteiger partial charge < -0.3 is 5.73 Å². The van der Waals surface area contributed by atoms with E-state index in [0.29, 0.717) is 6.04 Å². The molecule has 0 aliphatic rings. The summed E-state index contributed by atoms with van der Waals surface area (Å²) >= 11 is 0. The van der Waals surface area contributed by atoms with Crippen LogP contribution in [0.25, 0.3) is 0 Å². The molecular formula is C17H30N2. The fourth-order valence-electron chi connectivity index (χ4n) is 2.74. The third-order valence-corrected chi connectivity index (χ3v) is 3.88. The molecule has 0 aliphatic carbocycles. The third-order valence-electron chi connectivity index (χ3n) is 3.88. The van der Waals surface area contributed by atoms with Crippen LogP contribution in [0.4, 0.5) is 0 Å². The lowest BCUT2D eigenvalue weighted by atomic mass is 10.1. The number of hydrogen-bond acceptors (Lipinski definition) is 2. The molecule has 1 aromatic rings. The molecule has 1 rings (SSSR count). The molecule has 0 aromatic heterocycles. The maximum atomic E-state index is 5.73. The van der Waals surface area contributed by atoms with Crippen molar-refractivity contribution in [2.24, 2.45) is 5.73 Å². The van der Waals surface area contributed by atoms with E-state index >= 15 is 0 Å². The Morgan fingerprint density at radius 2 is 1.68 bits per heavy atom. The summed E-state index contributed by atoms with van der Waals surface area (Å²) in [4.78, 5) is 2.57. The van der Waals surface area contributed by atoms with Gasteiger partial charge in [-0.15, -0.1) is 0 Å². The van der Waals surface area contributed by atoms with Crippen molar-refractivity contribution in [2.45, 2.75) is 52.0 Å². The minimum atomic E-state index is 0.709. The Kier molecular flexibility index (Phi) is 8.52. The van der Waals surface area contributed by atoms with E-state index < -0.39 is 0 Å². The summed E-state index contributed by atoms with van der Waals surface area (Å²) < 4.78 is 0. The van der Waals surface area contributed by atoms with Crippen molar-refractivity contribution in [3.63, 3.8) is 0 Å². The van der Waals surface area contributed by atoms with Crippen LogP contribution in [0, 0.1) is 0 Å². The van der Waals surface area contributed by atoms with Crippen molar-refractivity contribution in [1.82, 2.24) is 4.90 Å². The van der Waals surface area contributed by atoms with E-state index in [4.69, 9.17) is 5.73 Å². The first kappa shape index (κ1) is 16.2. The molecule has 0 fully saturated rings. The zero-order valence-corrected chi connectivity index (χ0v) is 12.6. The summed E-state index contributed by atoms with van der Waals surface area (Å²) in [6, 6.07) is 11.5. The Labute approximate surface area is 119 Å². The predicted molar refractivity (Wildman–Crippen MR) is 84.4 cm³/mol. The summed E-state index contributed by atoms with van der Waals surface area (Å²) in [6.07, 6.45) is 6.20. The van der Waals surface area contributed by atoms with Gasteiger partial charge in [-0.05, 0) is 44.2 Å². The Morgan fingerprint density at radius 3 is 2.26 bits per heavy atom. The second-order valence-corrected chi connectivity index (χ2v) is 5.24. The van der Waals surface area contributed by atoms with Gasteiger partial charge in [0.25, 0.3) is 0 Å². The Hall–Kier alpha value is -0.860. The second kappa shape index (κ2) is 9.99. The lowest BCUT2D eigenvalue weighted by Crippen LogP contribution is -2.38. The highest BCUT2D eigenvalue weighted by Crippen LogP contribution is 2.11. The molecular weight excluding hydrogens is 232 g/mol. The summed E-state index contributed by atoms with van der Waals surface area (Å²) in [5.41, 5.74) is 7.18. The monoisotopic (exact) mass is 262 g/mol. The van der Waals surface area contributed by atoms with E-state index in [1.54, 1.807) is 0 Å². The molecule has 1 aromatic carbocycles. The summed E-state index contributed by atoms with van der Waals surface area (Å²) in [5.74, 6) is 0. The molecule has 0 spiro atoms. The first-order valence-corrected chi connectivity index (χ1v) is 7.79. The SMILES string of the molecule is CCC(CC)N(CCN)CCCCc1ccccc1. The van der Waals surface area contributed by atoms with Crippen LogP contribution >= 0.6 is 0 Å². The summed E-state index contributed by atoms with van der Waals surface area (Å²) in [7, 11) is 0. The van der Waals surface area contributed by atoms with Crippen LogP contribution in [0.2, 0.25) is 0 Å². The fraction of sp³-hybridized carbons (Fsp3) is 0.647. The van der Waals surface area contributed by atoms with Crippen LogP contribution in [0.1, 0.15) is 45.1 Å². The molecule has 2 heteroatoms. The van der Waals surface area contributed by atoms with Crippen LogP contribution in [0.5, 0.6) is 0 Å². The number of nitrogens with zero attached hydrogens (tertiary/aromatic N) is 1. The van der Waals surface area contributed by atoms with E-state index in [1.807, 2.05) is 0 Å². The minimum absolute atomic E-state index is 0.709. The van der Waals surface area contributed by atoms with Crippen LogP contribution in [-0.2, 0) is 6.42 Å². The molecule has 0 saturated carbocycles. The van der Waals surface area contributed by atoms with E-state index in [2.05, 4.69) is 49.1 Å². The molecule has 19 heavy (non-hydrogen) atoms. The number of aryl methyl sites for hydroxylation is 1. The number of nitrogens with two attached hydrogens (primary N) is 1. The summed E-state index contributed by atoms with van der Waals surface area (Å²) in [5, 5.41) is 0. The second-order valence-electron chi connectivity index (χ2n) is 5.24. The van der Waals surface area contributed by atoms with Crippen molar-refractivity contribution in [3.05, 3.63) is 35.9 Å². The number of benzene rings is 1. The Balaban J connectivity index is 2.28. The van der Waals surface area contributed by atoms with Gasteiger partial charge in [-0.1, -0.05) is 44.2 Å². The topological polar surface area (TPSA) is 29.3 Å². The fourth-order valence-corrected chi connectivity index (χ4v) is 2.74. The smallest absolute Gasteiger partial charge is 0.0108 e. The number of rotatable bonds is 10. The van der Waals surface area contributed by atoms with Crippen molar-refractivity contribution in [2.75, 3.05) is 19.6 Å². The van der Waals surface area contributed by atoms with Crippen molar-refractivity contribution >= 4 is 0 Å². The van der Waals surface area contributed by atoms with Crippen LogP contribution in [0.15, 0.2) is 30.3 Å². The van der Waals surface area contributed by atoms with Crippen molar-refractivity contribution < 1.29 is 0 Å². The van der Waals surface area contributed by atoms with Gasteiger partial charge in [0.05, 0.1) is 0 Å². The van der Waals surface area contributed by atoms with Gasteiger partial charge in [0.1, 0.15) is 0 Å². The average Bonchev–Trinajstić information content (AvgIpc) is 2.46. The van der Waals surface area contributed by atoms with Crippen molar-refractivity contribution in [1.29, 1.82) is 0 Å². The van der Waals surface area contributed by atoms with E-state index in [0.717, 1.165) is 13.1 Å². The minimum Gasteiger partial charge on any atom is -0.329 e. The third kappa shape index (κ3) is 6.22. The van der Waals surface area contributed by atoms with Gasteiger partial charge in [0, 0.05) is 19.1 Å². The number of unbranched alkanes of at least 4 members (excludes halogenated alkanes) is 1. The molecule has 0 bridgehead atoms. The van der Waals surface area contributed by atoms with Gasteiger partial charge in [0.2, 0.25) is 0 Å². The lowest BCUT2D eigenvalue weighted by Gasteiger charge is -2.30. The Morgan fingerprint density at radius 1 is 1.00 bits per heavy atom. The molecule has 2 nitrogen and oxygen atoms in total. The van der Waals surface area contributed by atoms with Gasteiger partial charge in [0.15, 0.2) is 0 Å². The first-order valence-electron chi connectivity index (χ1n) is 7.79. The van der Waals surface area contributed by atoms with Gasteiger partial charge in [-0.3, -0.25) is 4.90 Å². The lowest BCUT2D eigenvalue weighted by molar-refractivity contribution is 0.187. The average molecular weight is 262 g/mol. The molecule has 108 valence electrons. The van der Waals surface area contributed by atoms with E-state index in [-0.39, 0.29) is 0 Å². The van der Waals surface area contributed by atoms with Crippen LogP contribution in [0.3, 0.4) is 0 Å². The van der Waals surface area contributed by atoms with Crippen molar-refractivity contribution in [3.8, 4) is 0 Å². The highest BCUT2D eigenvalue weighted by atomic mass is 15.2. The molecule has 0 aliphatic heterocycles. The maximum Gasteiger partial charge on any atom is 0.0108 e. The highest BCUT2D eigenvalue weighted by molar-refractivity contribution is 5.14. The van der Waals surface area contributed by atoms with E-state index in [9.17, 15) is 0 Å². The van der Waals surface area contributed by atoms with Gasteiger partial charge in [-0.2, -0.15) is 0 Å². The van der Waals surface area contributed by atoms with E-state index in [1.165, 1.54) is 44.2 Å². The quantitative estimate of drug-likeness (QED) is 0.654. The predicted octanol–water partition coefficient (Wildman–Crippen LogP) is 3.46. The van der Waals surface area contributed by atoms with Gasteiger partial charge >= 0.3 is 0 Å². The Bertz CT molecular complexity index is 306. The highest BCUT2D eigenvalue weighted by Gasteiger charge is 2.13. The molecule has 0 amide bonds. The normalized spacial score (nSPS) is 11.4. The maximum absolute atomic E-state index is 5.73. The molecule has 0 atom stereocenters. The molecule has 2 N–H and O–H groups in total. The summed E-state index contributed by atoms with van der Waals surface area (Å²) in [6.45, 7) is 7.56. The molecule has 0 unspecified atom stereocenters. The molecule has 0 saturated heterocycles. The molecule has 0 heterocycles. The first-order chi connectivity index (χ1) is 9.31. The zero-order chi connectivity index (χ0) is 13.9. The zero-order valence-electron chi connectivity index (χ0n) is 12.6. The number of hydrogen-bond donors (Lipinski definition) is 1.